The van der Waals surface area contributed by atoms with Crippen molar-refractivity contribution in [3.8, 4) is 0 Å². The van der Waals surface area contributed by atoms with Gasteiger partial charge < -0.3 is 20.3 Å². The van der Waals surface area contributed by atoms with Crippen LogP contribution in [0.1, 0.15) is 38.2 Å². The lowest BCUT2D eigenvalue weighted by Gasteiger charge is -2.20. The van der Waals surface area contributed by atoms with Gasteiger partial charge in [-0.1, -0.05) is 30.3 Å². The number of rotatable bonds is 4. The minimum absolute atomic E-state index is 0.0424. The highest BCUT2D eigenvalue weighted by Crippen LogP contribution is 2.09. The average molecular weight is 347 g/mol. The Bertz CT molecular complexity index is 518. The van der Waals surface area contributed by atoms with Crippen LogP contribution in [-0.2, 0) is 16.1 Å². The summed E-state index contributed by atoms with van der Waals surface area (Å²) < 4.78 is 5.09. The minimum Gasteiger partial charge on any atom is -0.445 e. The zero-order valence-electron chi connectivity index (χ0n) is 15.0. The number of amides is 2. The molecule has 0 radical (unpaired) electrons. The summed E-state index contributed by atoms with van der Waals surface area (Å²) >= 11 is 0. The van der Waals surface area contributed by atoms with E-state index in [2.05, 4.69) is 10.6 Å². The molecule has 1 atom stereocenters. The minimum atomic E-state index is -0.561. The first-order valence-electron chi connectivity index (χ1n) is 9.13. The van der Waals surface area contributed by atoms with Crippen LogP contribution in [0.5, 0.6) is 0 Å². The number of nitrogens with zero attached hydrogens (tertiary/aromatic N) is 1. The molecule has 1 aromatic rings. The molecule has 0 aliphatic carbocycles. The average Bonchev–Trinajstić information content (AvgIpc) is 3.36. The molecule has 2 aliphatic rings. The predicted molar refractivity (Wildman–Crippen MR) is 97.1 cm³/mol. The molecule has 25 heavy (non-hydrogen) atoms. The van der Waals surface area contributed by atoms with Crippen LogP contribution in [0.15, 0.2) is 30.3 Å². The third kappa shape index (κ3) is 7.13. The molecule has 1 aromatic carbocycles. The summed E-state index contributed by atoms with van der Waals surface area (Å²) in [5.41, 5.74) is 0.918. The molecule has 2 amide bonds. The van der Waals surface area contributed by atoms with E-state index in [1.807, 2.05) is 30.3 Å². The maximum absolute atomic E-state index is 12.0. The van der Waals surface area contributed by atoms with Gasteiger partial charge in [0, 0.05) is 13.1 Å². The molecule has 0 saturated carbocycles. The number of nitrogens with one attached hydrogen (secondary N) is 2. The van der Waals surface area contributed by atoms with Crippen molar-refractivity contribution >= 4 is 12.0 Å². The van der Waals surface area contributed by atoms with Gasteiger partial charge in [-0.25, -0.2) is 4.79 Å². The molecule has 3 rings (SSSR count). The van der Waals surface area contributed by atoms with E-state index in [1.54, 1.807) is 11.8 Å². The van der Waals surface area contributed by atoms with Crippen LogP contribution in [0, 0.1) is 0 Å². The molecule has 6 heteroatoms. The molecular formula is C19H29N3O3. The molecule has 2 N–H and O–H groups in total. The van der Waals surface area contributed by atoms with E-state index in [0.717, 1.165) is 31.5 Å². The van der Waals surface area contributed by atoms with Crippen LogP contribution in [0.25, 0.3) is 0 Å². The maximum atomic E-state index is 12.0. The summed E-state index contributed by atoms with van der Waals surface area (Å²) in [7, 11) is 0. The van der Waals surface area contributed by atoms with Crippen LogP contribution < -0.4 is 10.6 Å². The van der Waals surface area contributed by atoms with Crippen molar-refractivity contribution in [3.63, 3.8) is 0 Å². The van der Waals surface area contributed by atoms with Crippen LogP contribution in [0.3, 0.4) is 0 Å². The summed E-state index contributed by atoms with van der Waals surface area (Å²) in [4.78, 5) is 25.4. The van der Waals surface area contributed by atoms with Crippen LogP contribution in [-0.4, -0.2) is 49.1 Å². The van der Waals surface area contributed by atoms with Crippen LogP contribution in [0.2, 0.25) is 0 Å². The van der Waals surface area contributed by atoms with Crippen molar-refractivity contribution in [3.05, 3.63) is 35.9 Å². The number of benzene rings is 1. The van der Waals surface area contributed by atoms with E-state index < -0.39 is 12.1 Å². The van der Waals surface area contributed by atoms with Gasteiger partial charge in [0.05, 0.1) is 0 Å². The second kappa shape index (κ2) is 10.7. The number of likely N-dealkylation sites (tertiary alicyclic amines) is 1. The Kier molecular flexibility index (Phi) is 8.25. The van der Waals surface area contributed by atoms with Gasteiger partial charge >= 0.3 is 6.09 Å². The fourth-order valence-electron chi connectivity index (χ4n) is 2.84. The Morgan fingerprint density at radius 3 is 2.32 bits per heavy atom. The third-order valence-electron chi connectivity index (χ3n) is 4.29. The monoisotopic (exact) mass is 347 g/mol. The Balaban J connectivity index is 0.000000386. The first kappa shape index (κ1) is 19.2. The van der Waals surface area contributed by atoms with Crippen molar-refractivity contribution in [1.82, 2.24) is 15.5 Å². The van der Waals surface area contributed by atoms with Crippen LogP contribution >= 0.6 is 0 Å². The Morgan fingerprint density at radius 1 is 1.12 bits per heavy atom. The Morgan fingerprint density at radius 2 is 1.76 bits per heavy atom. The highest BCUT2D eigenvalue weighted by atomic mass is 16.5. The third-order valence-corrected chi connectivity index (χ3v) is 4.29. The summed E-state index contributed by atoms with van der Waals surface area (Å²) in [6, 6.07) is 8.89. The summed E-state index contributed by atoms with van der Waals surface area (Å²) in [6.07, 6.45) is 4.29. The van der Waals surface area contributed by atoms with E-state index in [1.165, 1.54) is 25.9 Å². The molecule has 0 aromatic heterocycles. The first-order valence-corrected chi connectivity index (χ1v) is 9.13. The first-order chi connectivity index (χ1) is 12.2. The quantitative estimate of drug-likeness (QED) is 0.877. The molecule has 0 bridgehead atoms. The zero-order valence-corrected chi connectivity index (χ0v) is 15.0. The number of alkyl carbamates (subject to hydrolysis) is 1. The highest BCUT2D eigenvalue weighted by molar-refractivity contribution is 5.85. The van der Waals surface area contributed by atoms with Crippen molar-refractivity contribution in [2.75, 3.05) is 26.2 Å². The normalized spacial score (nSPS) is 17.4. The smallest absolute Gasteiger partial charge is 0.408 e. The summed E-state index contributed by atoms with van der Waals surface area (Å²) in [6.45, 7) is 5.95. The van der Waals surface area contributed by atoms with Gasteiger partial charge in [0.15, 0.2) is 0 Å². The van der Waals surface area contributed by atoms with Gasteiger partial charge in [-0.05, 0) is 51.3 Å². The standard InChI is InChI=1S/C15H20N2O3.C4H9N/c1-12(14(18)17-9-5-6-10-17)16-15(19)20-11-13-7-3-2-4-8-13;1-2-4-5-3-1/h2-4,7-8,12H,5-6,9-11H2,1H3,(H,16,19);5H,1-4H2/t12-;/m1./s1. The molecular weight excluding hydrogens is 318 g/mol. The highest BCUT2D eigenvalue weighted by Gasteiger charge is 2.24. The summed E-state index contributed by atoms with van der Waals surface area (Å²) in [5.74, 6) is -0.0424. The molecule has 138 valence electrons. The number of hydrogen-bond acceptors (Lipinski definition) is 4. The molecule has 2 aliphatic heterocycles. The van der Waals surface area contributed by atoms with E-state index in [-0.39, 0.29) is 12.5 Å². The van der Waals surface area contributed by atoms with Gasteiger partial charge in [0.2, 0.25) is 5.91 Å². The largest absolute Gasteiger partial charge is 0.445 e. The number of hydrogen-bond donors (Lipinski definition) is 2. The number of ether oxygens (including phenoxy) is 1. The molecule has 2 fully saturated rings. The van der Waals surface area contributed by atoms with Crippen molar-refractivity contribution in [2.24, 2.45) is 0 Å². The van der Waals surface area contributed by atoms with Gasteiger partial charge in [0.25, 0.3) is 0 Å². The van der Waals surface area contributed by atoms with Gasteiger partial charge in [0.1, 0.15) is 12.6 Å². The SMILES string of the molecule is C1CCNC1.C[C@@H](NC(=O)OCc1ccccc1)C(=O)N1CCCC1. The predicted octanol–water partition coefficient (Wildman–Crippen LogP) is 2.29. The maximum Gasteiger partial charge on any atom is 0.408 e. The van der Waals surface area contributed by atoms with Crippen molar-refractivity contribution in [2.45, 2.75) is 45.3 Å². The van der Waals surface area contributed by atoms with Gasteiger partial charge in [-0.2, -0.15) is 0 Å². The van der Waals surface area contributed by atoms with E-state index in [0.29, 0.717) is 0 Å². The Hall–Kier alpha value is -2.08. The fraction of sp³-hybridized carbons (Fsp3) is 0.579. The molecule has 0 spiro atoms. The number of carbonyl (C=O) groups is 2. The van der Waals surface area contributed by atoms with Crippen molar-refractivity contribution in [1.29, 1.82) is 0 Å². The van der Waals surface area contributed by atoms with Gasteiger partial charge in [-0.3, -0.25) is 4.79 Å². The van der Waals surface area contributed by atoms with E-state index in [4.69, 9.17) is 4.74 Å². The molecule has 6 nitrogen and oxygen atoms in total. The lowest BCUT2D eigenvalue weighted by molar-refractivity contribution is -0.131. The lowest BCUT2D eigenvalue weighted by Crippen LogP contribution is -2.46. The zero-order chi connectivity index (χ0) is 17.9. The van der Waals surface area contributed by atoms with Crippen LogP contribution in [0.4, 0.5) is 4.79 Å². The van der Waals surface area contributed by atoms with Crippen molar-refractivity contribution < 1.29 is 14.3 Å². The second-order valence-electron chi connectivity index (χ2n) is 6.42. The molecule has 2 saturated heterocycles. The number of carbonyl (C=O) groups excluding carboxylic acids is 2. The second-order valence-corrected chi connectivity index (χ2v) is 6.42. The molecule has 0 unspecified atom stereocenters. The summed E-state index contributed by atoms with van der Waals surface area (Å²) in [5, 5.41) is 5.80. The fourth-order valence-corrected chi connectivity index (χ4v) is 2.84. The van der Waals surface area contributed by atoms with Gasteiger partial charge in [-0.15, -0.1) is 0 Å². The van der Waals surface area contributed by atoms with E-state index >= 15 is 0 Å². The molecule has 2 heterocycles. The van der Waals surface area contributed by atoms with E-state index in [9.17, 15) is 9.59 Å². The Labute approximate surface area is 149 Å². The lowest BCUT2D eigenvalue weighted by atomic mass is 10.2. The topological polar surface area (TPSA) is 70.7 Å².